The summed E-state index contributed by atoms with van der Waals surface area (Å²) in [5.74, 6) is 1.24. The second kappa shape index (κ2) is 7.94. The summed E-state index contributed by atoms with van der Waals surface area (Å²) in [6.45, 7) is 2.25. The van der Waals surface area contributed by atoms with Crippen LogP contribution in [0.4, 0.5) is 5.69 Å². The molecule has 1 fully saturated rings. The maximum Gasteiger partial charge on any atom is 0.261 e. The lowest BCUT2D eigenvalue weighted by Gasteiger charge is -2.29. The van der Waals surface area contributed by atoms with E-state index >= 15 is 0 Å². The predicted octanol–water partition coefficient (Wildman–Crippen LogP) is 3.52. The van der Waals surface area contributed by atoms with E-state index in [1.165, 1.54) is 18.6 Å². The van der Waals surface area contributed by atoms with Crippen molar-refractivity contribution in [3.05, 3.63) is 48.0 Å². The molecule has 2 atom stereocenters. The molecule has 1 heterocycles. The van der Waals surface area contributed by atoms with Gasteiger partial charge in [0.15, 0.2) is 11.5 Å². The average Bonchev–Trinajstić information content (AvgIpc) is 3.17. The number of carbonyl (C=O) groups excluding carboxylic acids is 1. The maximum atomic E-state index is 12.8. The zero-order valence-electron chi connectivity index (χ0n) is 16.2. The van der Waals surface area contributed by atoms with Crippen LogP contribution < -0.4 is 19.5 Å². The third kappa shape index (κ3) is 4.32. The summed E-state index contributed by atoms with van der Waals surface area (Å²) in [5, 5.41) is 3.06. The number of fused-ring (bicyclic) bond motifs is 1. The van der Waals surface area contributed by atoms with Gasteiger partial charge in [-0.25, -0.2) is 8.42 Å². The molecule has 2 aromatic rings. The van der Waals surface area contributed by atoms with Crippen molar-refractivity contribution in [2.45, 2.75) is 43.5 Å². The fraction of sp³-hybridized carbons (Fsp3) is 0.381. The van der Waals surface area contributed by atoms with Crippen molar-refractivity contribution >= 4 is 21.6 Å². The van der Waals surface area contributed by atoms with Gasteiger partial charge < -0.3 is 14.8 Å². The first kappa shape index (κ1) is 19.6. The third-order valence-corrected chi connectivity index (χ3v) is 6.84. The van der Waals surface area contributed by atoms with Crippen LogP contribution in [0.25, 0.3) is 0 Å². The van der Waals surface area contributed by atoms with Crippen LogP contribution in [0.3, 0.4) is 0 Å². The minimum Gasteiger partial charge on any atom is -0.454 e. The molecule has 8 heteroatoms. The highest BCUT2D eigenvalue weighted by atomic mass is 32.2. The van der Waals surface area contributed by atoms with Crippen LogP contribution in [0.5, 0.6) is 11.5 Å². The van der Waals surface area contributed by atoms with Gasteiger partial charge in [0.2, 0.25) is 6.79 Å². The number of sulfonamides is 1. The first-order valence-electron chi connectivity index (χ1n) is 9.76. The second-order valence-electron chi connectivity index (χ2n) is 7.54. The van der Waals surface area contributed by atoms with Crippen LogP contribution in [0, 0.1) is 5.92 Å². The molecule has 4 rings (SSSR count). The molecule has 0 saturated heterocycles. The van der Waals surface area contributed by atoms with Gasteiger partial charge in [0.1, 0.15) is 0 Å². The van der Waals surface area contributed by atoms with Crippen LogP contribution in [0.1, 0.15) is 43.0 Å². The van der Waals surface area contributed by atoms with Gasteiger partial charge in [-0.2, -0.15) is 0 Å². The Morgan fingerprint density at radius 3 is 2.66 bits per heavy atom. The topological polar surface area (TPSA) is 93.7 Å². The lowest BCUT2D eigenvalue weighted by atomic mass is 9.86. The number of rotatable bonds is 5. The molecule has 2 aromatic carbocycles. The van der Waals surface area contributed by atoms with Gasteiger partial charge in [-0.3, -0.25) is 9.52 Å². The fourth-order valence-electron chi connectivity index (χ4n) is 3.76. The Bertz CT molecular complexity index is 1020. The normalized spacial score (nSPS) is 20.9. The number of ether oxygens (including phenoxy) is 2. The largest absolute Gasteiger partial charge is 0.454 e. The number of anilines is 1. The van der Waals surface area contributed by atoms with Crippen molar-refractivity contribution in [3.8, 4) is 11.5 Å². The Morgan fingerprint density at radius 2 is 1.83 bits per heavy atom. The molecule has 0 unspecified atom stereocenters. The van der Waals surface area contributed by atoms with E-state index in [0.717, 1.165) is 19.3 Å². The summed E-state index contributed by atoms with van der Waals surface area (Å²) in [6, 6.07) is 11.0. The SMILES string of the molecule is C[C@H]1CCCC[C@@H]1NC(=O)c1cccc(S(=O)(=O)Nc2ccc3c(c2)OCO3)c1. The van der Waals surface area contributed by atoms with Gasteiger partial charge in [0, 0.05) is 17.7 Å². The van der Waals surface area contributed by atoms with E-state index in [1.54, 1.807) is 30.3 Å². The summed E-state index contributed by atoms with van der Waals surface area (Å²) in [5.41, 5.74) is 0.691. The van der Waals surface area contributed by atoms with Crippen molar-refractivity contribution in [1.29, 1.82) is 0 Å². The van der Waals surface area contributed by atoms with Crippen molar-refractivity contribution in [3.63, 3.8) is 0 Å². The molecule has 1 aliphatic carbocycles. The molecule has 1 aliphatic heterocycles. The summed E-state index contributed by atoms with van der Waals surface area (Å²) in [7, 11) is -3.86. The lowest BCUT2D eigenvalue weighted by Crippen LogP contribution is -2.41. The fourth-order valence-corrected chi connectivity index (χ4v) is 4.86. The third-order valence-electron chi connectivity index (χ3n) is 5.46. The zero-order chi connectivity index (χ0) is 20.4. The van der Waals surface area contributed by atoms with E-state index in [-0.39, 0.29) is 23.6 Å². The summed E-state index contributed by atoms with van der Waals surface area (Å²) < 4.78 is 38.6. The molecule has 2 aliphatic rings. The monoisotopic (exact) mass is 416 g/mol. The number of amides is 1. The molecule has 2 N–H and O–H groups in total. The van der Waals surface area contributed by atoms with Gasteiger partial charge in [0.05, 0.1) is 10.6 Å². The quantitative estimate of drug-likeness (QED) is 0.778. The minimum absolute atomic E-state index is 0.0273. The summed E-state index contributed by atoms with van der Waals surface area (Å²) >= 11 is 0. The van der Waals surface area contributed by atoms with Crippen LogP contribution >= 0.6 is 0 Å². The molecule has 0 radical (unpaired) electrons. The number of benzene rings is 2. The van der Waals surface area contributed by atoms with Crippen LogP contribution in [-0.2, 0) is 10.0 Å². The Kier molecular flexibility index (Phi) is 5.36. The number of hydrogen-bond donors (Lipinski definition) is 2. The first-order chi connectivity index (χ1) is 13.9. The van der Waals surface area contributed by atoms with Crippen LogP contribution in [0.15, 0.2) is 47.4 Å². The number of nitrogens with one attached hydrogen (secondary N) is 2. The van der Waals surface area contributed by atoms with Crippen molar-refractivity contribution in [1.82, 2.24) is 5.32 Å². The molecule has 0 aromatic heterocycles. The highest BCUT2D eigenvalue weighted by Gasteiger charge is 2.24. The Hall–Kier alpha value is -2.74. The molecule has 7 nitrogen and oxygen atoms in total. The van der Waals surface area contributed by atoms with Crippen LogP contribution in [-0.4, -0.2) is 27.2 Å². The molecular weight excluding hydrogens is 392 g/mol. The van der Waals surface area contributed by atoms with Crippen LogP contribution in [0.2, 0.25) is 0 Å². The minimum atomic E-state index is -3.86. The van der Waals surface area contributed by atoms with E-state index in [1.807, 2.05) is 0 Å². The smallest absolute Gasteiger partial charge is 0.261 e. The molecule has 1 saturated carbocycles. The van der Waals surface area contributed by atoms with Gasteiger partial charge in [0.25, 0.3) is 15.9 Å². The Morgan fingerprint density at radius 1 is 1.03 bits per heavy atom. The van der Waals surface area contributed by atoms with E-state index in [9.17, 15) is 13.2 Å². The highest BCUT2D eigenvalue weighted by molar-refractivity contribution is 7.92. The Labute approximate surface area is 170 Å². The maximum absolute atomic E-state index is 12.8. The van der Waals surface area contributed by atoms with Gasteiger partial charge in [-0.05, 0) is 49.1 Å². The number of hydrogen-bond acceptors (Lipinski definition) is 5. The molecule has 29 heavy (non-hydrogen) atoms. The van der Waals surface area contributed by atoms with Gasteiger partial charge in [-0.15, -0.1) is 0 Å². The molecule has 154 valence electrons. The average molecular weight is 416 g/mol. The molecule has 0 spiro atoms. The Balaban J connectivity index is 1.50. The van der Waals surface area contributed by atoms with E-state index < -0.39 is 10.0 Å². The van der Waals surface area contributed by atoms with Crippen molar-refractivity contribution in [2.24, 2.45) is 5.92 Å². The molecular formula is C21H24N2O5S. The highest BCUT2D eigenvalue weighted by Crippen LogP contribution is 2.34. The van der Waals surface area contributed by atoms with E-state index in [4.69, 9.17) is 9.47 Å². The first-order valence-corrected chi connectivity index (χ1v) is 11.2. The second-order valence-corrected chi connectivity index (χ2v) is 9.23. The summed E-state index contributed by atoms with van der Waals surface area (Å²) in [6.07, 6.45) is 4.34. The van der Waals surface area contributed by atoms with Gasteiger partial charge in [-0.1, -0.05) is 25.8 Å². The van der Waals surface area contributed by atoms with E-state index in [0.29, 0.717) is 28.7 Å². The molecule has 1 amide bonds. The number of carbonyl (C=O) groups is 1. The van der Waals surface area contributed by atoms with Crippen molar-refractivity contribution in [2.75, 3.05) is 11.5 Å². The molecule has 0 bridgehead atoms. The standard InChI is InChI=1S/C21H24N2O5S/c1-14-5-2-3-8-18(14)22-21(24)15-6-4-7-17(11-15)29(25,26)23-16-9-10-19-20(12-16)28-13-27-19/h4,6-7,9-12,14,18,23H,2-3,5,8,13H2,1H3,(H,22,24)/t14-,18-/m0/s1. The predicted molar refractivity (Wildman–Crippen MR) is 109 cm³/mol. The van der Waals surface area contributed by atoms with Crippen molar-refractivity contribution < 1.29 is 22.7 Å². The van der Waals surface area contributed by atoms with Gasteiger partial charge >= 0.3 is 0 Å². The van der Waals surface area contributed by atoms with E-state index in [2.05, 4.69) is 17.0 Å². The zero-order valence-corrected chi connectivity index (χ0v) is 17.0. The summed E-state index contributed by atoms with van der Waals surface area (Å²) in [4.78, 5) is 12.7. The lowest BCUT2D eigenvalue weighted by molar-refractivity contribution is 0.0910.